The number of nitrogens with zero attached hydrogens (tertiary/aromatic N) is 1. The second-order valence-electron chi connectivity index (χ2n) is 4.97. The number of morpholine rings is 1. The number of rotatable bonds is 4. The number of amides is 1. The van der Waals surface area contributed by atoms with Gasteiger partial charge in [-0.05, 0) is 31.2 Å². The fourth-order valence-corrected chi connectivity index (χ4v) is 3.76. The van der Waals surface area contributed by atoms with Crippen LogP contribution < -0.4 is 5.32 Å². The van der Waals surface area contributed by atoms with E-state index in [0.717, 1.165) is 0 Å². The van der Waals surface area contributed by atoms with Gasteiger partial charge in [0.1, 0.15) is 0 Å². The highest BCUT2D eigenvalue weighted by Crippen LogP contribution is 2.22. The van der Waals surface area contributed by atoms with Crippen molar-refractivity contribution in [3.8, 4) is 0 Å². The van der Waals surface area contributed by atoms with Crippen molar-refractivity contribution in [3.63, 3.8) is 0 Å². The zero-order valence-electron chi connectivity index (χ0n) is 12.2. The van der Waals surface area contributed by atoms with E-state index >= 15 is 0 Å². The normalized spacial score (nSPS) is 20.2. The van der Waals surface area contributed by atoms with E-state index in [4.69, 9.17) is 4.74 Å². The van der Waals surface area contributed by atoms with Crippen molar-refractivity contribution in [1.82, 2.24) is 4.31 Å². The van der Waals surface area contributed by atoms with Crippen LogP contribution in [0, 0.1) is 0 Å². The van der Waals surface area contributed by atoms with Crippen LogP contribution in [0.3, 0.4) is 0 Å². The summed E-state index contributed by atoms with van der Waals surface area (Å²) in [4.78, 5) is 11.5. The average molecular weight is 312 g/mol. The summed E-state index contributed by atoms with van der Waals surface area (Å²) in [6.45, 7) is 4.76. The van der Waals surface area contributed by atoms with Crippen LogP contribution in [0.25, 0.3) is 0 Å². The number of anilines is 1. The van der Waals surface area contributed by atoms with Gasteiger partial charge in [-0.2, -0.15) is 4.31 Å². The van der Waals surface area contributed by atoms with Gasteiger partial charge in [0.05, 0.1) is 18.1 Å². The number of sulfonamides is 1. The third-order valence-corrected chi connectivity index (χ3v) is 5.40. The minimum absolute atomic E-state index is 0.104. The van der Waals surface area contributed by atoms with Gasteiger partial charge in [-0.1, -0.05) is 6.92 Å². The summed E-state index contributed by atoms with van der Waals surface area (Å²) < 4.78 is 31.9. The topological polar surface area (TPSA) is 75.7 Å². The predicted molar refractivity (Wildman–Crippen MR) is 79.5 cm³/mol. The van der Waals surface area contributed by atoms with E-state index in [2.05, 4.69) is 5.32 Å². The maximum absolute atomic E-state index is 12.6. The number of nitrogens with one attached hydrogen (secondary N) is 1. The Hall–Kier alpha value is -1.44. The Kier molecular flexibility index (Phi) is 4.97. The molecule has 1 aliphatic rings. The van der Waals surface area contributed by atoms with Gasteiger partial charge in [-0.15, -0.1) is 0 Å². The van der Waals surface area contributed by atoms with Crippen LogP contribution in [-0.4, -0.2) is 44.4 Å². The zero-order valence-corrected chi connectivity index (χ0v) is 13.0. The Labute approximate surface area is 125 Å². The average Bonchev–Trinajstić information content (AvgIpc) is 2.48. The fourth-order valence-electron chi connectivity index (χ4n) is 2.16. The highest BCUT2D eigenvalue weighted by atomic mass is 32.2. The van der Waals surface area contributed by atoms with E-state index < -0.39 is 10.0 Å². The van der Waals surface area contributed by atoms with E-state index in [9.17, 15) is 13.2 Å². The van der Waals surface area contributed by atoms with Crippen molar-refractivity contribution in [2.75, 3.05) is 25.1 Å². The molecule has 0 spiro atoms. The molecule has 0 saturated carbocycles. The molecule has 116 valence electrons. The summed E-state index contributed by atoms with van der Waals surface area (Å²) >= 11 is 0. The lowest BCUT2D eigenvalue weighted by molar-refractivity contribution is -0.115. The molecule has 1 N–H and O–H groups in total. The van der Waals surface area contributed by atoms with E-state index in [-0.39, 0.29) is 16.8 Å². The van der Waals surface area contributed by atoms with Gasteiger partial charge >= 0.3 is 0 Å². The molecule has 0 aliphatic carbocycles. The van der Waals surface area contributed by atoms with E-state index in [1.54, 1.807) is 19.1 Å². The predicted octanol–water partition coefficient (Wildman–Crippen LogP) is 1.44. The quantitative estimate of drug-likeness (QED) is 0.913. The van der Waals surface area contributed by atoms with Crippen LogP contribution in [0.5, 0.6) is 0 Å². The Bertz CT molecular complexity index is 598. The van der Waals surface area contributed by atoms with Crippen molar-refractivity contribution in [1.29, 1.82) is 0 Å². The largest absolute Gasteiger partial charge is 0.378 e. The summed E-state index contributed by atoms with van der Waals surface area (Å²) in [5, 5.41) is 2.69. The van der Waals surface area contributed by atoms with Crippen LogP contribution in [0.15, 0.2) is 29.2 Å². The van der Waals surface area contributed by atoms with Gasteiger partial charge < -0.3 is 10.1 Å². The maximum Gasteiger partial charge on any atom is 0.243 e. The van der Waals surface area contributed by atoms with Crippen molar-refractivity contribution < 1.29 is 17.9 Å². The molecule has 7 heteroatoms. The summed E-state index contributed by atoms with van der Waals surface area (Å²) in [7, 11) is -3.52. The zero-order chi connectivity index (χ0) is 15.5. The second-order valence-corrected chi connectivity index (χ2v) is 6.86. The van der Waals surface area contributed by atoms with E-state index in [1.165, 1.54) is 16.4 Å². The van der Waals surface area contributed by atoms with Crippen molar-refractivity contribution in [2.24, 2.45) is 0 Å². The van der Waals surface area contributed by atoms with Crippen LogP contribution in [-0.2, 0) is 19.6 Å². The molecule has 1 heterocycles. The summed E-state index contributed by atoms with van der Waals surface area (Å²) in [5.41, 5.74) is 0.593. The fraction of sp³-hybridized carbons (Fsp3) is 0.500. The maximum atomic E-state index is 12.6. The number of benzene rings is 1. The number of carbonyl (C=O) groups is 1. The standard InChI is InChI=1S/C14H20N2O4S/c1-3-14(17)15-12-4-6-13(7-5-12)21(18,19)16-8-9-20-10-11(16)2/h4-7,11H,3,8-10H2,1-2H3,(H,15,17). The monoisotopic (exact) mass is 312 g/mol. The molecule has 0 aromatic heterocycles. The van der Waals surface area contributed by atoms with Gasteiger partial charge in [0, 0.05) is 24.7 Å². The molecule has 1 aliphatic heterocycles. The minimum Gasteiger partial charge on any atom is -0.378 e. The smallest absolute Gasteiger partial charge is 0.243 e. The van der Waals surface area contributed by atoms with Gasteiger partial charge in [-0.25, -0.2) is 8.42 Å². The Morgan fingerprint density at radius 1 is 1.38 bits per heavy atom. The lowest BCUT2D eigenvalue weighted by atomic mass is 10.3. The first-order valence-corrected chi connectivity index (χ1v) is 8.38. The van der Waals surface area contributed by atoms with Crippen molar-refractivity contribution in [2.45, 2.75) is 31.2 Å². The first-order valence-electron chi connectivity index (χ1n) is 6.94. The Morgan fingerprint density at radius 3 is 2.62 bits per heavy atom. The first kappa shape index (κ1) is 15.9. The first-order chi connectivity index (χ1) is 9.95. The lowest BCUT2D eigenvalue weighted by Gasteiger charge is -2.32. The lowest BCUT2D eigenvalue weighted by Crippen LogP contribution is -2.46. The molecule has 0 bridgehead atoms. The Balaban J connectivity index is 2.18. The minimum atomic E-state index is -3.52. The summed E-state index contributed by atoms with van der Waals surface area (Å²) in [6, 6.07) is 6.06. The number of hydrogen-bond donors (Lipinski definition) is 1. The molecule has 0 radical (unpaired) electrons. The molecular weight excluding hydrogens is 292 g/mol. The molecular formula is C14H20N2O4S. The van der Waals surface area contributed by atoms with Crippen molar-refractivity contribution >= 4 is 21.6 Å². The van der Waals surface area contributed by atoms with Crippen LogP contribution >= 0.6 is 0 Å². The molecule has 1 atom stereocenters. The third kappa shape index (κ3) is 3.61. The molecule has 2 rings (SSSR count). The van der Waals surface area contributed by atoms with Crippen LogP contribution in [0.1, 0.15) is 20.3 Å². The molecule has 1 saturated heterocycles. The molecule has 1 aromatic carbocycles. The van der Waals surface area contributed by atoms with E-state index in [1.807, 2.05) is 6.92 Å². The molecule has 1 fully saturated rings. The van der Waals surface area contributed by atoms with E-state index in [0.29, 0.717) is 31.9 Å². The molecule has 1 amide bonds. The van der Waals surface area contributed by atoms with Gasteiger partial charge in [0.2, 0.25) is 15.9 Å². The van der Waals surface area contributed by atoms with Gasteiger partial charge in [0.25, 0.3) is 0 Å². The van der Waals surface area contributed by atoms with Gasteiger partial charge in [-0.3, -0.25) is 4.79 Å². The summed E-state index contributed by atoms with van der Waals surface area (Å²) in [5.74, 6) is -0.104. The third-order valence-electron chi connectivity index (χ3n) is 3.37. The second kappa shape index (κ2) is 6.55. The van der Waals surface area contributed by atoms with Crippen molar-refractivity contribution in [3.05, 3.63) is 24.3 Å². The summed E-state index contributed by atoms with van der Waals surface area (Å²) in [6.07, 6.45) is 0.380. The highest BCUT2D eigenvalue weighted by Gasteiger charge is 2.31. The van der Waals surface area contributed by atoms with Crippen LogP contribution in [0.2, 0.25) is 0 Å². The number of ether oxygens (including phenoxy) is 1. The van der Waals surface area contributed by atoms with Gasteiger partial charge in [0.15, 0.2) is 0 Å². The van der Waals surface area contributed by atoms with Crippen LogP contribution in [0.4, 0.5) is 5.69 Å². The Morgan fingerprint density at radius 2 is 2.05 bits per heavy atom. The highest BCUT2D eigenvalue weighted by molar-refractivity contribution is 7.89. The molecule has 1 aromatic rings. The molecule has 6 nitrogen and oxygen atoms in total. The number of carbonyl (C=O) groups excluding carboxylic acids is 1. The number of hydrogen-bond acceptors (Lipinski definition) is 4. The SMILES string of the molecule is CCC(=O)Nc1ccc(S(=O)(=O)N2CCOCC2C)cc1. The molecule has 21 heavy (non-hydrogen) atoms. The molecule has 1 unspecified atom stereocenters.